The molecule has 4 aromatic rings. The number of hydrogen-bond donors (Lipinski definition) is 2. The van der Waals surface area contributed by atoms with Crippen LogP contribution in [-0.4, -0.2) is 51.9 Å². The molecule has 2 aliphatic rings. The van der Waals surface area contributed by atoms with Crippen LogP contribution < -0.4 is 10.2 Å². The Kier molecular flexibility index (Phi) is 5.70. The fraction of sp³-hybridized carbons (Fsp3) is 0.321. The van der Waals surface area contributed by atoms with E-state index in [1.165, 1.54) is 5.56 Å². The molecule has 0 radical (unpaired) electrons. The first-order chi connectivity index (χ1) is 17.5. The Balaban J connectivity index is 1.13. The first-order valence-corrected chi connectivity index (χ1v) is 12.3. The number of fused-ring (bicyclic) bond motifs is 1. The number of aryl methyl sites for hydroxylation is 1. The Morgan fingerprint density at radius 1 is 1.14 bits per heavy atom. The molecule has 36 heavy (non-hydrogen) atoms. The average molecular weight is 484 g/mol. The highest BCUT2D eigenvalue weighted by molar-refractivity contribution is 5.84. The van der Waals surface area contributed by atoms with E-state index in [9.17, 15) is 9.90 Å². The summed E-state index contributed by atoms with van der Waals surface area (Å²) >= 11 is 0. The summed E-state index contributed by atoms with van der Waals surface area (Å²) < 4.78 is 7.21. The van der Waals surface area contributed by atoms with E-state index < -0.39 is 5.60 Å². The number of rotatable bonds is 6. The van der Waals surface area contributed by atoms with Crippen molar-refractivity contribution < 1.29 is 14.6 Å². The van der Waals surface area contributed by atoms with Crippen LogP contribution >= 0.6 is 0 Å². The van der Waals surface area contributed by atoms with E-state index in [1.807, 2.05) is 47.1 Å². The van der Waals surface area contributed by atoms with Crippen molar-refractivity contribution in [2.45, 2.75) is 25.5 Å². The maximum absolute atomic E-state index is 12.6. The number of anilines is 1. The van der Waals surface area contributed by atoms with Gasteiger partial charge in [-0.05, 0) is 29.7 Å². The van der Waals surface area contributed by atoms with E-state index in [2.05, 4.69) is 45.4 Å². The van der Waals surface area contributed by atoms with Gasteiger partial charge in [0.1, 0.15) is 17.4 Å². The molecule has 0 aliphatic carbocycles. The molecule has 0 spiro atoms. The molecule has 0 saturated carbocycles. The van der Waals surface area contributed by atoms with Crippen molar-refractivity contribution >= 4 is 17.2 Å². The van der Waals surface area contributed by atoms with Crippen molar-refractivity contribution in [3.8, 4) is 11.1 Å². The predicted molar refractivity (Wildman–Crippen MR) is 136 cm³/mol. The lowest BCUT2D eigenvalue weighted by molar-refractivity contribution is -0.125. The van der Waals surface area contributed by atoms with E-state index >= 15 is 0 Å². The number of carbonyl (C=O) groups excluding carboxylic acids is 1. The van der Waals surface area contributed by atoms with Gasteiger partial charge >= 0.3 is 0 Å². The van der Waals surface area contributed by atoms with Crippen LogP contribution in [0.5, 0.6) is 0 Å². The Morgan fingerprint density at radius 2 is 1.92 bits per heavy atom. The summed E-state index contributed by atoms with van der Waals surface area (Å²) in [5.74, 6) is 0.841. The van der Waals surface area contributed by atoms with E-state index in [0.29, 0.717) is 39.3 Å². The second-order valence-corrected chi connectivity index (χ2v) is 9.86. The number of aromatic nitrogens is 3. The second-order valence-electron chi connectivity index (χ2n) is 9.86. The van der Waals surface area contributed by atoms with Crippen LogP contribution in [0.3, 0.4) is 0 Å². The number of hydrogen-bond acceptors (Lipinski definition) is 6. The zero-order valence-electron chi connectivity index (χ0n) is 20.2. The topological polar surface area (TPSA) is 92.0 Å². The number of aliphatic hydroxyl groups is 1. The molecule has 2 aliphatic heterocycles. The summed E-state index contributed by atoms with van der Waals surface area (Å²) in [7, 11) is 0. The van der Waals surface area contributed by atoms with Gasteiger partial charge in [0.05, 0.1) is 12.5 Å². The van der Waals surface area contributed by atoms with Gasteiger partial charge in [-0.1, -0.05) is 54.1 Å². The van der Waals surface area contributed by atoms with Gasteiger partial charge in [0.25, 0.3) is 0 Å². The third-order valence-corrected chi connectivity index (χ3v) is 7.28. The summed E-state index contributed by atoms with van der Waals surface area (Å²) in [4.78, 5) is 19.3. The molecule has 8 heteroatoms. The largest absolute Gasteiger partial charge is 0.383 e. The monoisotopic (exact) mass is 483 g/mol. The van der Waals surface area contributed by atoms with Crippen LogP contribution in [0.1, 0.15) is 23.1 Å². The number of carbonyl (C=O) groups is 1. The van der Waals surface area contributed by atoms with Crippen molar-refractivity contribution in [1.82, 2.24) is 19.9 Å². The molecule has 1 amide bonds. The Hall–Kier alpha value is -3.75. The highest BCUT2D eigenvalue weighted by atomic mass is 16.5. The fourth-order valence-electron chi connectivity index (χ4n) is 4.93. The molecule has 2 fully saturated rings. The molecule has 2 aromatic carbocycles. The summed E-state index contributed by atoms with van der Waals surface area (Å²) in [6, 6.07) is 18.2. The number of benzene rings is 2. The van der Waals surface area contributed by atoms with E-state index in [4.69, 9.17) is 4.74 Å². The maximum atomic E-state index is 12.6. The van der Waals surface area contributed by atoms with Crippen LogP contribution in [-0.2, 0) is 21.7 Å². The molecule has 2 saturated heterocycles. The van der Waals surface area contributed by atoms with Gasteiger partial charge in [0.2, 0.25) is 5.91 Å². The SMILES string of the molecule is Cc1ccc(CNC(=O)C2CN(c3ncnn4cc(-c5ccc(C6(O)CCOC6)cc5)cc34)C2)cc1. The summed E-state index contributed by atoms with van der Waals surface area (Å²) in [6.07, 6.45) is 4.15. The van der Waals surface area contributed by atoms with Crippen LogP contribution in [0, 0.1) is 12.8 Å². The van der Waals surface area contributed by atoms with Crippen molar-refractivity contribution in [1.29, 1.82) is 0 Å². The molecule has 1 unspecified atom stereocenters. The molecule has 2 aromatic heterocycles. The molecule has 4 heterocycles. The van der Waals surface area contributed by atoms with Gasteiger partial charge in [0.15, 0.2) is 5.82 Å². The minimum Gasteiger partial charge on any atom is -0.383 e. The van der Waals surface area contributed by atoms with Crippen molar-refractivity contribution in [2.24, 2.45) is 5.92 Å². The lowest BCUT2D eigenvalue weighted by Crippen LogP contribution is -2.54. The van der Waals surface area contributed by atoms with E-state index in [-0.39, 0.29) is 11.8 Å². The van der Waals surface area contributed by atoms with Crippen LogP contribution in [0.15, 0.2) is 67.1 Å². The Labute approximate surface area is 209 Å². The maximum Gasteiger partial charge on any atom is 0.226 e. The number of ether oxygens (including phenoxy) is 1. The predicted octanol–water partition coefficient (Wildman–Crippen LogP) is 3.07. The van der Waals surface area contributed by atoms with Gasteiger partial charge in [-0.15, -0.1) is 0 Å². The zero-order chi connectivity index (χ0) is 24.7. The lowest BCUT2D eigenvalue weighted by atomic mass is 9.92. The third kappa shape index (κ3) is 4.23. The summed E-state index contributed by atoms with van der Waals surface area (Å²) in [5, 5.41) is 18.2. The molecular formula is C28H29N5O3. The third-order valence-electron chi connectivity index (χ3n) is 7.28. The second kappa shape index (κ2) is 9.04. The van der Waals surface area contributed by atoms with Gasteiger partial charge in [-0.3, -0.25) is 4.79 Å². The molecule has 0 bridgehead atoms. The first-order valence-electron chi connectivity index (χ1n) is 12.3. The zero-order valence-corrected chi connectivity index (χ0v) is 20.2. The van der Waals surface area contributed by atoms with Gasteiger partial charge < -0.3 is 20.1 Å². The van der Waals surface area contributed by atoms with E-state index in [0.717, 1.165) is 33.6 Å². The van der Waals surface area contributed by atoms with Gasteiger partial charge in [0, 0.05) is 44.4 Å². The summed E-state index contributed by atoms with van der Waals surface area (Å²) in [6.45, 7) is 4.76. The quantitative estimate of drug-likeness (QED) is 0.438. The molecule has 184 valence electrons. The molecule has 6 rings (SSSR count). The number of nitrogens with one attached hydrogen (secondary N) is 1. The van der Waals surface area contributed by atoms with Crippen LogP contribution in [0.25, 0.3) is 16.6 Å². The first kappa shape index (κ1) is 22.7. The van der Waals surface area contributed by atoms with Crippen LogP contribution in [0.2, 0.25) is 0 Å². The van der Waals surface area contributed by atoms with Gasteiger partial charge in [-0.2, -0.15) is 5.10 Å². The standard InChI is InChI=1S/C28H29N5O3/c1-19-2-4-20(5-3-19)13-29-27(34)23-14-32(15-23)26-25-12-22(16-33(25)31-18-30-26)21-6-8-24(9-7-21)28(35)10-11-36-17-28/h2-9,12,16,18,23,35H,10-11,13-15,17H2,1H3,(H,29,34). The number of amides is 1. The lowest BCUT2D eigenvalue weighted by Gasteiger charge is -2.39. The Bertz CT molecular complexity index is 1390. The highest BCUT2D eigenvalue weighted by Crippen LogP contribution is 2.33. The highest BCUT2D eigenvalue weighted by Gasteiger charge is 2.35. The fourth-order valence-corrected chi connectivity index (χ4v) is 4.93. The Morgan fingerprint density at radius 3 is 2.64 bits per heavy atom. The minimum atomic E-state index is -0.900. The normalized spacial score (nSPS) is 20.0. The molecular weight excluding hydrogens is 454 g/mol. The van der Waals surface area contributed by atoms with E-state index in [1.54, 1.807) is 6.33 Å². The van der Waals surface area contributed by atoms with Crippen molar-refractivity contribution in [3.05, 3.63) is 83.8 Å². The average Bonchev–Trinajstić information content (AvgIpc) is 3.51. The summed E-state index contributed by atoms with van der Waals surface area (Å²) in [5.41, 5.74) is 5.24. The minimum absolute atomic E-state index is 0.0576. The molecule has 1 atom stereocenters. The number of nitrogens with zero attached hydrogens (tertiary/aromatic N) is 4. The molecule has 2 N–H and O–H groups in total. The van der Waals surface area contributed by atoms with Gasteiger partial charge in [-0.25, -0.2) is 9.50 Å². The smallest absolute Gasteiger partial charge is 0.226 e. The molecule has 8 nitrogen and oxygen atoms in total. The van der Waals surface area contributed by atoms with Crippen LogP contribution in [0.4, 0.5) is 5.82 Å². The van der Waals surface area contributed by atoms with Crippen molar-refractivity contribution in [2.75, 3.05) is 31.2 Å². The van der Waals surface area contributed by atoms with Crippen molar-refractivity contribution in [3.63, 3.8) is 0 Å².